The molecule has 0 bridgehead atoms. The lowest BCUT2D eigenvalue weighted by Crippen LogP contribution is -2.01. The van der Waals surface area contributed by atoms with Gasteiger partial charge in [0.15, 0.2) is 17.5 Å². The number of rotatable bonds is 6. The van der Waals surface area contributed by atoms with Crippen molar-refractivity contribution in [3.8, 4) is 62.1 Å². The van der Waals surface area contributed by atoms with E-state index in [0.29, 0.717) is 17.2 Å². The minimum absolute atomic E-state index is 0.0107. The summed E-state index contributed by atoms with van der Waals surface area (Å²) in [5.74, 6) is 0.616. The van der Waals surface area contributed by atoms with Crippen molar-refractivity contribution in [1.82, 2.24) is 24.5 Å². The molecule has 0 atom stereocenters. The Morgan fingerprint density at radius 3 is 1.93 bits per heavy atom. The molecule has 0 unspecified atom stereocenters. The van der Waals surface area contributed by atoms with Crippen molar-refractivity contribution in [2.75, 3.05) is 0 Å². The molecule has 0 fully saturated rings. The van der Waals surface area contributed by atoms with Crippen LogP contribution in [0.1, 0.15) is 6.85 Å². The molecule has 6 heteroatoms. The Morgan fingerprint density at radius 1 is 0.446 bits per heavy atom. The minimum atomic E-state index is -0.483. The summed E-state index contributed by atoms with van der Waals surface area (Å²) < 4.78 is 47.5. The lowest BCUT2D eigenvalue weighted by atomic mass is 10.0. The summed E-state index contributed by atoms with van der Waals surface area (Å²) >= 11 is 1.66. The van der Waals surface area contributed by atoms with Crippen LogP contribution in [0.5, 0.6) is 0 Å². The fraction of sp³-hybridized carbons (Fsp3) is 0. The van der Waals surface area contributed by atoms with Crippen LogP contribution in [-0.2, 0) is 0 Å². The molecule has 56 heavy (non-hydrogen) atoms. The summed E-state index contributed by atoms with van der Waals surface area (Å²) in [4.78, 5) is 19.4. The van der Waals surface area contributed by atoms with Gasteiger partial charge in [-0.1, -0.05) is 145 Å². The lowest BCUT2D eigenvalue weighted by molar-refractivity contribution is 1.07. The second-order valence-corrected chi connectivity index (χ2v) is 14.5. The summed E-state index contributed by atoms with van der Waals surface area (Å²) in [5.41, 5.74) is 8.48. The summed E-state index contributed by atoms with van der Waals surface area (Å²) in [6.45, 7) is 0. The quantitative estimate of drug-likeness (QED) is 0.170. The van der Waals surface area contributed by atoms with E-state index in [1.54, 1.807) is 17.5 Å². The van der Waals surface area contributed by atoms with Crippen molar-refractivity contribution in [1.29, 1.82) is 0 Å². The third-order valence-corrected chi connectivity index (χ3v) is 11.5. The number of pyridine rings is 1. The van der Waals surface area contributed by atoms with E-state index in [9.17, 15) is 0 Å². The van der Waals surface area contributed by atoms with Crippen LogP contribution in [0.25, 0.3) is 104 Å². The second-order valence-electron chi connectivity index (χ2n) is 13.5. The van der Waals surface area contributed by atoms with E-state index in [1.807, 2.05) is 60.8 Å². The zero-order valence-corrected chi connectivity index (χ0v) is 30.5. The van der Waals surface area contributed by atoms with Crippen LogP contribution < -0.4 is 0 Å². The number of hydrogen-bond acceptors (Lipinski definition) is 5. The molecular formula is C50H31N5S. The molecule has 11 aromatic rings. The van der Waals surface area contributed by atoms with E-state index in [0.717, 1.165) is 75.5 Å². The van der Waals surface area contributed by atoms with E-state index in [-0.39, 0.29) is 23.5 Å². The smallest absolute Gasteiger partial charge is 0.165 e. The zero-order chi connectivity index (χ0) is 41.4. The Hall–Kier alpha value is -7.28. The average molecular weight is 739 g/mol. The Kier molecular flexibility index (Phi) is 6.46. The number of thiophene rings is 1. The van der Waals surface area contributed by atoms with E-state index >= 15 is 0 Å². The predicted molar refractivity (Wildman–Crippen MR) is 232 cm³/mol. The Balaban J connectivity index is 1.27. The van der Waals surface area contributed by atoms with Crippen molar-refractivity contribution in [2.24, 2.45) is 0 Å². The maximum atomic E-state index is 8.92. The highest BCUT2D eigenvalue weighted by atomic mass is 32.1. The Bertz CT molecular complexity index is 3510. The number of benzene rings is 7. The molecule has 4 aromatic heterocycles. The molecule has 0 N–H and O–H groups in total. The molecule has 262 valence electrons. The first-order chi connectivity index (χ1) is 29.8. The van der Waals surface area contributed by atoms with Crippen LogP contribution in [-0.4, -0.2) is 24.5 Å². The fourth-order valence-electron chi connectivity index (χ4n) is 7.67. The van der Waals surface area contributed by atoms with E-state index < -0.39 is 18.1 Å². The fourth-order valence-corrected chi connectivity index (χ4v) is 9.00. The molecule has 5 nitrogen and oxygen atoms in total. The summed E-state index contributed by atoms with van der Waals surface area (Å²) in [7, 11) is 0. The molecule has 0 spiro atoms. The van der Waals surface area contributed by atoms with Crippen molar-refractivity contribution >= 4 is 53.3 Å². The first kappa shape index (κ1) is 27.3. The molecule has 7 aromatic carbocycles. The largest absolute Gasteiger partial charge is 0.309 e. The number of nitrogens with zero attached hydrogens (tertiary/aromatic N) is 5. The van der Waals surface area contributed by atoms with Crippen LogP contribution in [0, 0.1) is 0 Å². The highest BCUT2D eigenvalue weighted by Gasteiger charge is 2.22. The van der Waals surface area contributed by atoms with E-state index in [2.05, 4.69) is 101 Å². The van der Waals surface area contributed by atoms with Gasteiger partial charge < -0.3 is 4.57 Å². The van der Waals surface area contributed by atoms with Gasteiger partial charge in [-0.25, -0.2) is 15.0 Å². The topological polar surface area (TPSA) is 56.5 Å². The van der Waals surface area contributed by atoms with Crippen LogP contribution in [0.2, 0.25) is 0 Å². The standard InChI is InChI=1S/C50H31N5S/c1-4-14-32(15-5-1)38-22-12-23-41-42-29-37(55-44-24-11-10-21-39(44)40-26-25-35(28-45(40)55)36-20-13-27-51-31-36)30-43(47(42)56-46(38)41)50-53-48(33-16-6-2-7-17-33)52-49(54-50)34-18-8-3-9-19-34/h1-31H/i2D,6D,7D,16D,17D. The van der Waals surface area contributed by atoms with Gasteiger partial charge in [0, 0.05) is 71.3 Å². The summed E-state index contributed by atoms with van der Waals surface area (Å²) in [5, 5.41) is 4.28. The van der Waals surface area contributed by atoms with Gasteiger partial charge in [0.2, 0.25) is 0 Å². The van der Waals surface area contributed by atoms with Gasteiger partial charge in [-0.2, -0.15) is 0 Å². The Labute approximate surface area is 333 Å². The van der Waals surface area contributed by atoms with Crippen molar-refractivity contribution in [3.05, 3.63) is 188 Å². The third-order valence-electron chi connectivity index (χ3n) is 10.2. The second kappa shape index (κ2) is 13.2. The van der Waals surface area contributed by atoms with E-state index in [1.165, 1.54) is 0 Å². The zero-order valence-electron chi connectivity index (χ0n) is 34.7. The van der Waals surface area contributed by atoms with Gasteiger partial charge in [-0.05, 0) is 47.0 Å². The normalized spacial score (nSPS) is 12.8. The monoisotopic (exact) mass is 738 g/mol. The maximum absolute atomic E-state index is 8.92. The number of para-hydroxylation sites is 1. The van der Waals surface area contributed by atoms with Gasteiger partial charge in [-0.15, -0.1) is 11.3 Å². The first-order valence-corrected chi connectivity index (χ1v) is 19.0. The van der Waals surface area contributed by atoms with Gasteiger partial charge in [0.05, 0.1) is 17.9 Å². The van der Waals surface area contributed by atoms with Crippen molar-refractivity contribution in [3.63, 3.8) is 0 Å². The molecule has 0 amide bonds. The molecule has 0 radical (unpaired) electrons. The SMILES string of the molecule is [2H]c1c([2H])c([2H])c(-c2nc(-c3ccccc3)nc(-c3cc(-n4c5ccccc5c5ccc(-c6cccnc6)cc54)cc4c3sc3c(-c5ccccc5)cccc34)n2)c([2H])c1[2H]. The molecular weight excluding hydrogens is 703 g/mol. The molecule has 0 aliphatic heterocycles. The minimum Gasteiger partial charge on any atom is -0.309 e. The third kappa shape index (κ3) is 5.38. The molecule has 11 rings (SSSR count). The first-order valence-electron chi connectivity index (χ1n) is 20.7. The van der Waals surface area contributed by atoms with Crippen molar-refractivity contribution in [2.45, 2.75) is 0 Å². The predicted octanol–water partition coefficient (Wildman–Crippen LogP) is 13.1. The molecule has 0 saturated carbocycles. The average Bonchev–Trinajstić information content (AvgIpc) is 3.86. The van der Waals surface area contributed by atoms with Gasteiger partial charge in [0.1, 0.15) is 0 Å². The summed E-state index contributed by atoms with van der Waals surface area (Å²) in [6, 6.07) is 47.3. The Morgan fingerprint density at radius 2 is 1.12 bits per heavy atom. The van der Waals surface area contributed by atoms with Crippen LogP contribution in [0.3, 0.4) is 0 Å². The van der Waals surface area contributed by atoms with Crippen LogP contribution in [0.4, 0.5) is 0 Å². The number of hydrogen-bond donors (Lipinski definition) is 0. The van der Waals surface area contributed by atoms with Gasteiger partial charge in [0.25, 0.3) is 0 Å². The highest BCUT2D eigenvalue weighted by molar-refractivity contribution is 7.26. The van der Waals surface area contributed by atoms with Crippen LogP contribution >= 0.6 is 11.3 Å². The van der Waals surface area contributed by atoms with Gasteiger partial charge >= 0.3 is 0 Å². The van der Waals surface area contributed by atoms with Crippen LogP contribution in [0.15, 0.2) is 188 Å². The molecule has 0 aliphatic carbocycles. The number of fused-ring (bicyclic) bond motifs is 6. The van der Waals surface area contributed by atoms with E-state index in [4.69, 9.17) is 21.8 Å². The highest BCUT2D eigenvalue weighted by Crippen LogP contribution is 2.46. The molecule has 0 aliphatic rings. The lowest BCUT2D eigenvalue weighted by Gasteiger charge is -2.13. The van der Waals surface area contributed by atoms with Gasteiger partial charge in [-0.3, -0.25) is 4.98 Å². The molecule has 4 heterocycles. The molecule has 0 saturated heterocycles. The maximum Gasteiger partial charge on any atom is 0.165 e. The van der Waals surface area contributed by atoms with Crippen molar-refractivity contribution < 1.29 is 6.85 Å². The summed E-state index contributed by atoms with van der Waals surface area (Å²) in [6.07, 6.45) is 3.65. The number of aromatic nitrogens is 5.